The second-order valence-corrected chi connectivity index (χ2v) is 6.82. The van der Waals surface area contributed by atoms with Crippen molar-refractivity contribution in [1.29, 1.82) is 0 Å². The number of fused-ring (bicyclic) bond motifs is 1. The first-order chi connectivity index (χ1) is 12.8. The number of aromatic nitrogens is 1. The van der Waals surface area contributed by atoms with Crippen LogP contribution in [0.2, 0.25) is 0 Å². The lowest BCUT2D eigenvalue weighted by Gasteiger charge is -2.02. The summed E-state index contributed by atoms with van der Waals surface area (Å²) in [6, 6.07) is 24.3. The zero-order valence-corrected chi connectivity index (χ0v) is 15.2. The topological polar surface area (TPSA) is 34.5 Å². The molecule has 0 fully saturated rings. The minimum atomic E-state index is 0.675. The third-order valence-electron chi connectivity index (χ3n) is 3.96. The fourth-order valence-corrected chi connectivity index (χ4v) is 3.62. The van der Waals surface area contributed by atoms with Crippen LogP contribution in [-0.4, -0.2) is 17.8 Å². The Bertz CT molecular complexity index is 1000. The van der Waals surface area contributed by atoms with Crippen LogP contribution >= 0.6 is 11.3 Å². The quantitative estimate of drug-likeness (QED) is 0.403. The third kappa shape index (κ3) is 3.65. The van der Waals surface area contributed by atoms with Crippen molar-refractivity contribution in [3.63, 3.8) is 0 Å². The van der Waals surface area contributed by atoms with Crippen LogP contribution < -0.4 is 4.74 Å². The molecule has 3 nitrogen and oxygen atoms in total. The van der Waals surface area contributed by atoms with Crippen LogP contribution in [0.25, 0.3) is 20.8 Å². The van der Waals surface area contributed by atoms with E-state index in [2.05, 4.69) is 23.2 Å². The molecule has 3 aromatic carbocycles. The van der Waals surface area contributed by atoms with E-state index in [4.69, 9.17) is 9.72 Å². The number of hydrogen-bond donors (Lipinski definition) is 0. The Morgan fingerprint density at radius 3 is 2.46 bits per heavy atom. The number of benzene rings is 3. The first-order valence-electron chi connectivity index (χ1n) is 8.55. The zero-order valence-electron chi connectivity index (χ0n) is 14.4. The molecule has 1 aromatic heterocycles. The van der Waals surface area contributed by atoms with Gasteiger partial charge >= 0.3 is 0 Å². The first kappa shape index (κ1) is 16.5. The highest BCUT2D eigenvalue weighted by Crippen LogP contribution is 2.30. The van der Waals surface area contributed by atoms with Gasteiger partial charge in [0.25, 0.3) is 0 Å². The van der Waals surface area contributed by atoms with Crippen LogP contribution in [0.4, 0.5) is 5.69 Å². The first-order valence-corrected chi connectivity index (χ1v) is 9.36. The molecule has 4 aromatic rings. The number of thiazole rings is 1. The summed E-state index contributed by atoms with van der Waals surface area (Å²) in [5.74, 6) is 0.879. The van der Waals surface area contributed by atoms with E-state index in [0.29, 0.717) is 6.61 Å². The van der Waals surface area contributed by atoms with Gasteiger partial charge in [0.15, 0.2) is 0 Å². The average Bonchev–Trinajstić information content (AvgIpc) is 3.12. The smallest absolute Gasteiger partial charge is 0.124 e. The van der Waals surface area contributed by atoms with E-state index < -0.39 is 0 Å². The summed E-state index contributed by atoms with van der Waals surface area (Å²) < 4.78 is 6.66. The minimum absolute atomic E-state index is 0.675. The molecule has 0 unspecified atom stereocenters. The normalized spacial score (nSPS) is 11.3. The molecule has 128 valence electrons. The lowest BCUT2D eigenvalue weighted by Crippen LogP contribution is -1.91. The van der Waals surface area contributed by atoms with Gasteiger partial charge in [-0.25, -0.2) is 4.98 Å². The van der Waals surface area contributed by atoms with Crippen molar-refractivity contribution < 1.29 is 4.74 Å². The fraction of sp³-hybridized carbons (Fsp3) is 0.0909. The highest BCUT2D eigenvalue weighted by molar-refractivity contribution is 7.21. The Balaban J connectivity index is 1.50. The maximum atomic E-state index is 5.45. The Morgan fingerprint density at radius 2 is 1.73 bits per heavy atom. The molecule has 0 radical (unpaired) electrons. The number of para-hydroxylation sites is 1. The summed E-state index contributed by atoms with van der Waals surface area (Å²) in [4.78, 5) is 9.24. The largest absolute Gasteiger partial charge is 0.494 e. The Labute approximate surface area is 156 Å². The van der Waals surface area contributed by atoms with Gasteiger partial charge in [-0.05, 0) is 73.2 Å². The molecule has 1 heterocycles. The Morgan fingerprint density at radius 1 is 0.962 bits per heavy atom. The monoisotopic (exact) mass is 358 g/mol. The summed E-state index contributed by atoms with van der Waals surface area (Å²) >= 11 is 1.71. The second kappa shape index (κ2) is 7.50. The van der Waals surface area contributed by atoms with E-state index in [1.54, 1.807) is 11.3 Å². The lowest BCUT2D eigenvalue weighted by atomic mass is 10.2. The molecule has 0 saturated carbocycles. The number of aliphatic imine (C=N–C) groups is 1. The van der Waals surface area contributed by atoms with E-state index in [-0.39, 0.29) is 0 Å². The van der Waals surface area contributed by atoms with Gasteiger partial charge in [-0.1, -0.05) is 12.1 Å². The lowest BCUT2D eigenvalue weighted by molar-refractivity contribution is 0.340. The van der Waals surface area contributed by atoms with Crippen molar-refractivity contribution >= 4 is 33.5 Å². The van der Waals surface area contributed by atoms with Crippen molar-refractivity contribution in [1.82, 2.24) is 4.98 Å². The molecule has 4 rings (SSSR count). The fourth-order valence-electron chi connectivity index (χ4n) is 2.65. The summed E-state index contributed by atoms with van der Waals surface area (Å²) in [6.45, 7) is 2.65. The molecule has 0 aliphatic heterocycles. The summed E-state index contributed by atoms with van der Waals surface area (Å²) in [5.41, 5.74) is 4.13. The highest BCUT2D eigenvalue weighted by atomic mass is 32.1. The van der Waals surface area contributed by atoms with Crippen LogP contribution in [0.15, 0.2) is 77.8 Å². The summed E-state index contributed by atoms with van der Waals surface area (Å²) in [5, 5.41) is 1.04. The molecule has 0 atom stereocenters. The van der Waals surface area contributed by atoms with Gasteiger partial charge in [0.2, 0.25) is 0 Å². The van der Waals surface area contributed by atoms with Crippen molar-refractivity contribution in [2.75, 3.05) is 6.61 Å². The Kier molecular flexibility index (Phi) is 4.75. The predicted octanol–water partition coefficient (Wildman–Crippen LogP) is 6.11. The van der Waals surface area contributed by atoms with E-state index in [1.165, 1.54) is 4.70 Å². The molecule has 0 bridgehead atoms. The van der Waals surface area contributed by atoms with Crippen LogP contribution in [0.5, 0.6) is 5.75 Å². The standard InChI is InChI=1S/C22H18N2OS/c1-2-25-19-13-7-16(8-14-19)15-23-18-11-9-17(10-12-18)22-24-20-5-3-4-6-21(20)26-22/h3-15H,2H2,1H3. The van der Waals surface area contributed by atoms with Crippen LogP contribution in [-0.2, 0) is 0 Å². The molecule has 0 aliphatic rings. The van der Waals surface area contributed by atoms with E-state index in [9.17, 15) is 0 Å². The summed E-state index contributed by atoms with van der Waals surface area (Å²) in [7, 11) is 0. The van der Waals surface area contributed by atoms with Crippen LogP contribution in [0.1, 0.15) is 12.5 Å². The zero-order chi connectivity index (χ0) is 17.8. The minimum Gasteiger partial charge on any atom is -0.494 e. The van der Waals surface area contributed by atoms with E-state index >= 15 is 0 Å². The molecule has 0 N–H and O–H groups in total. The van der Waals surface area contributed by atoms with Crippen LogP contribution in [0.3, 0.4) is 0 Å². The van der Waals surface area contributed by atoms with Gasteiger partial charge in [0.05, 0.1) is 22.5 Å². The predicted molar refractivity (Wildman–Crippen MR) is 110 cm³/mol. The summed E-state index contributed by atoms with van der Waals surface area (Å²) in [6.07, 6.45) is 1.86. The van der Waals surface area contributed by atoms with E-state index in [1.807, 2.05) is 67.7 Å². The maximum Gasteiger partial charge on any atom is 0.124 e. The number of rotatable bonds is 5. The van der Waals surface area contributed by atoms with Crippen molar-refractivity contribution in [3.8, 4) is 16.3 Å². The molecule has 0 saturated heterocycles. The van der Waals surface area contributed by atoms with Gasteiger partial charge in [0.1, 0.15) is 10.8 Å². The van der Waals surface area contributed by atoms with Crippen molar-refractivity contribution in [2.24, 2.45) is 4.99 Å². The highest BCUT2D eigenvalue weighted by Gasteiger charge is 2.05. The molecule has 0 amide bonds. The van der Waals surface area contributed by atoms with Crippen molar-refractivity contribution in [3.05, 3.63) is 78.4 Å². The second-order valence-electron chi connectivity index (χ2n) is 5.79. The van der Waals surface area contributed by atoms with Gasteiger partial charge in [-0.2, -0.15) is 0 Å². The van der Waals surface area contributed by atoms with Gasteiger partial charge in [0, 0.05) is 11.8 Å². The van der Waals surface area contributed by atoms with Gasteiger partial charge < -0.3 is 4.74 Å². The molecule has 0 spiro atoms. The van der Waals surface area contributed by atoms with Gasteiger partial charge in [-0.3, -0.25) is 4.99 Å². The third-order valence-corrected chi connectivity index (χ3v) is 5.05. The van der Waals surface area contributed by atoms with Crippen molar-refractivity contribution in [2.45, 2.75) is 6.92 Å². The Hall–Kier alpha value is -2.98. The number of nitrogens with zero attached hydrogens (tertiary/aromatic N) is 2. The number of hydrogen-bond acceptors (Lipinski definition) is 4. The molecule has 0 aliphatic carbocycles. The molecular formula is C22H18N2OS. The SMILES string of the molecule is CCOc1ccc(C=Nc2ccc(-c3nc4ccccc4s3)cc2)cc1. The molecule has 26 heavy (non-hydrogen) atoms. The number of ether oxygens (including phenoxy) is 1. The average molecular weight is 358 g/mol. The van der Waals surface area contributed by atoms with Crippen LogP contribution in [0, 0.1) is 0 Å². The van der Waals surface area contributed by atoms with Gasteiger partial charge in [-0.15, -0.1) is 11.3 Å². The van der Waals surface area contributed by atoms with E-state index in [0.717, 1.165) is 33.1 Å². The molecule has 4 heteroatoms. The maximum absolute atomic E-state index is 5.45. The molecular weight excluding hydrogens is 340 g/mol.